The minimum atomic E-state index is -0.160. The zero-order valence-corrected chi connectivity index (χ0v) is 15.9. The van der Waals surface area contributed by atoms with Gasteiger partial charge in [-0.3, -0.25) is 9.36 Å². The summed E-state index contributed by atoms with van der Waals surface area (Å²) in [7, 11) is 0. The minimum Gasteiger partial charge on any atom is -0.334 e. The van der Waals surface area contributed by atoms with Crippen LogP contribution in [0.5, 0.6) is 0 Å². The minimum absolute atomic E-state index is 0.0751. The third kappa shape index (κ3) is 3.58. The van der Waals surface area contributed by atoms with Gasteiger partial charge in [-0.05, 0) is 19.8 Å². The Balaban J connectivity index is 1.79. The molecule has 1 saturated heterocycles. The number of benzene rings is 1. The van der Waals surface area contributed by atoms with Gasteiger partial charge in [0.25, 0.3) is 5.91 Å². The van der Waals surface area contributed by atoms with E-state index in [-0.39, 0.29) is 23.7 Å². The van der Waals surface area contributed by atoms with E-state index in [1.165, 1.54) is 6.42 Å². The summed E-state index contributed by atoms with van der Waals surface area (Å²) in [5.41, 5.74) is 1.95. The molecule has 2 heterocycles. The number of aromatic amines is 1. The Hall–Kier alpha value is -2.34. The van der Waals surface area contributed by atoms with Crippen LogP contribution in [0.4, 0.5) is 0 Å². The summed E-state index contributed by atoms with van der Waals surface area (Å²) in [4.78, 5) is 31.0. The number of hydrogen-bond acceptors (Lipinski definition) is 3. The number of nitrogens with one attached hydrogen (secondary N) is 2. The molecule has 1 saturated carbocycles. The van der Waals surface area contributed by atoms with Crippen molar-refractivity contribution in [3.05, 3.63) is 46.5 Å². The number of amides is 1. The largest absolute Gasteiger partial charge is 0.334 e. The molecule has 27 heavy (non-hydrogen) atoms. The first-order valence-corrected chi connectivity index (χ1v) is 10.1. The maximum atomic E-state index is 13.3. The van der Waals surface area contributed by atoms with Crippen LogP contribution in [0, 0.1) is 0 Å². The molecule has 0 unspecified atom stereocenters. The van der Waals surface area contributed by atoms with Gasteiger partial charge < -0.3 is 15.2 Å². The lowest BCUT2D eigenvalue weighted by Crippen LogP contribution is -2.51. The molecule has 1 aromatic heterocycles. The second-order valence-electron chi connectivity index (χ2n) is 7.79. The highest BCUT2D eigenvalue weighted by Crippen LogP contribution is 2.33. The lowest BCUT2D eigenvalue weighted by Gasteiger charge is -2.32. The maximum Gasteiger partial charge on any atom is 0.326 e. The molecule has 2 N–H and O–H groups in total. The normalized spacial score (nSPS) is 21.4. The molecule has 1 aromatic carbocycles. The third-order valence-electron chi connectivity index (χ3n) is 5.79. The number of nitrogens with zero attached hydrogens (tertiary/aromatic N) is 2. The first kappa shape index (κ1) is 18.0. The lowest BCUT2D eigenvalue weighted by molar-refractivity contribution is 0.0704. The van der Waals surface area contributed by atoms with E-state index in [2.05, 4.69) is 17.2 Å². The van der Waals surface area contributed by atoms with Crippen molar-refractivity contribution in [2.75, 3.05) is 19.6 Å². The first-order chi connectivity index (χ1) is 13.1. The van der Waals surface area contributed by atoms with Crippen molar-refractivity contribution in [2.24, 2.45) is 0 Å². The van der Waals surface area contributed by atoms with Gasteiger partial charge >= 0.3 is 5.69 Å². The van der Waals surface area contributed by atoms with Gasteiger partial charge in [0.2, 0.25) is 0 Å². The highest BCUT2D eigenvalue weighted by Gasteiger charge is 2.30. The number of rotatable bonds is 3. The summed E-state index contributed by atoms with van der Waals surface area (Å²) in [6.45, 7) is 4.17. The predicted molar refractivity (Wildman–Crippen MR) is 106 cm³/mol. The molecule has 4 rings (SSSR count). The second kappa shape index (κ2) is 7.72. The molecular weight excluding hydrogens is 340 g/mol. The number of carbonyl (C=O) groups is 1. The summed E-state index contributed by atoms with van der Waals surface area (Å²) in [5.74, 6) is -0.0751. The summed E-state index contributed by atoms with van der Waals surface area (Å²) < 4.78 is 1.85. The molecule has 2 fully saturated rings. The molecule has 2 aliphatic rings. The van der Waals surface area contributed by atoms with Crippen LogP contribution in [0.15, 0.2) is 35.1 Å². The third-order valence-corrected chi connectivity index (χ3v) is 5.79. The van der Waals surface area contributed by atoms with Crippen LogP contribution >= 0.6 is 0 Å². The van der Waals surface area contributed by atoms with E-state index in [1.807, 2.05) is 39.8 Å². The monoisotopic (exact) mass is 368 g/mol. The van der Waals surface area contributed by atoms with Gasteiger partial charge in [0.15, 0.2) is 0 Å². The molecule has 1 amide bonds. The predicted octanol–water partition coefficient (Wildman–Crippen LogP) is 2.78. The van der Waals surface area contributed by atoms with Crippen LogP contribution in [0.1, 0.15) is 55.6 Å². The number of piperazine rings is 1. The zero-order valence-electron chi connectivity index (χ0n) is 15.9. The van der Waals surface area contributed by atoms with Gasteiger partial charge in [-0.1, -0.05) is 49.6 Å². The molecule has 1 atom stereocenters. The fourth-order valence-electron chi connectivity index (χ4n) is 4.45. The molecule has 2 aromatic rings. The average Bonchev–Trinajstić information content (AvgIpc) is 3.06. The van der Waals surface area contributed by atoms with Crippen molar-refractivity contribution in [1.29, 1.82) is 0 Å². The Kier molecular flexibility index (Phi) is 5.16. The topological polar surface area (TPSA) is 70.1 Å². The number of hydrogen-bond donors (Lipinski definition) is 2. The molecule has 0 bridgehead atoms. The van der Waals surface area contributed by atoms with Crippen molar-refractivity contribution < 1.29 is 4.79 Å². The SMILES string of the molecule is C[C@H]1CN(C(=O)c2[nH]c(=O)n(C3CCCCC3)c2-c2ccccc2)CCN1. The van der Waals surface area contributed by atoms with Crippen LogP contribution in [0.25, 0.3) is 11.3 Å². The Morgan fingerprint density at radius 1 is 1.11 bits per heavy atom. The van der Waals surface area contributed by atoms with Crippen LogP contribution in [-0.2, 0) is 0 Å². The summed E-state index contributed by atoms with van der Waals surface area (Å²) in [6, 6.07) is 10.3. The molecule has 1 aliphatic heterocycles. The number of H-pyrrole nitrogens is 1. The van der Waals surface area contributed by atoms with E-state index in [4.69, 9.17) is 0 Å². The molecule has 6 nitrogen and oxygen atoms in total. The zero-order chi connectivity index (χ0) is 18.8. The van der Waals surface area contributed by atoms with Crippen molar-refractivity contribution in [3.63, 3.8) is 0 Å². The fourth-order valence-corrected chi connectivity index (χ4v) is 4.45. The van der Waals surface area contributed by atoms with Gasteiger partial charge in [0, 0.05) is 37.3 Å². The Morgan fingerprint density at radius 3 is 2.56 bits per heavy atom. The standard InChI is InChI=1S/C21H28N4O2/c1-15-14-24(13-12-22-15)20(26)18-19(16-8-4-2-5-9-16)25(21(27)23-18)17-10-6-3-7-11-17/h2,4-5,8-9,15,17,22H,3,6-7,10-14H2,1H3,(H,23,27)/t15-/m0/s1. The molecule has 0 radical (unpaired) electrons. The van der Waals surface area contributed by atoms with Gasteiger partial charge in [0.05, 0.1) is 5.69 Å². The quantitative estimate of drug-likeness (QED) is 0.875. The maximum absolute atomic E-state index is 13.3. The van der Waals surface area contributed by atoms with Crippen molar-refractivity contribution in [3.8, 4) is 11.3 Å². The Bertz CT molecular complexity index is 849. The molecule has 0 spiro atoms. The molecule has 144 valence electrons. The van der Waals surface area contributed by atoms with E-state index in [0.29, 0.717) is 18.8 Å². The summed E-state index contributed by atoms with van der Waals surface area (Å²) in [5, 5.41) is 3.36. The number of imidazole rings is 1. The van der Waals surface area contributed by atoms with Gasteiger partial charge in [0.1, 0.15) is 5.69 Å². The molecule has 6 heteroatoms. The molecule has 1 aliphatic carbocycles. The van der Waals surface area contributed by atoms with E-state index in [1.54, 1.807) is 0 Å². The lowest BCUT2D eigenvalue weighted by atomic mass is 9.94. The molecular formula is C21H28N4O2. The number of carbonyl (C=O) groups excluding carboxylic acids is 1. The van der Waals surface area contributed by atoms with E-state index >= 15 is 0 Å². The Morgan fingerprint density at radius 2 is 1.85 bits per heavy atom. The Labute approximate surface area is 159 Å². The van der Waals surface area contributed by atoms with Crippen LogP contribution in [0.3, 0.4) is 0 Å². The first-order valence-electron chi connectivity index (χ1n) is 10.1. The van der Waals surface area contributed by atoms with Crippen molar-refractivity contribution >= 4 is 5.91 Å². The van der Waals surface area contributed by atoms with Crippen LogP contribution in [-0.4, -0.2) is 46.0 Å². The van der Waals surface area contributed by atoms with Crippen LogP contribution in [0.2, 0.25) is 0 Å². The number of aromatic nitrogens is 2. The van der Waals surface area contributed by atoms with Crippen molar-refractivity contribution in [1.82, 2.24) is 19.8 Å². The smallest absolute Gasteiger partial charge is 0.326 e. The highest BCUT2D eigenvalue weighted by atomic mass is 16.2. The van der Waals surface area contributed by atoms with E-state index in [0.717, 1.165) is 43.5 Å². The fraction of sp³-hybridized carbons (Fsp3) is 0.524. The van der Waals surface area contributed by atoms with Gasteiger partial charge in [-0.15, -0.1) is 0 Å². The van der Waals surface area contributed by atoms with Gasteiger partial charge in [-0.2, -0.15) is 0 Å². The summed E-state index contributed by atoms with van der Waals surface area (Å²) >= 11 is 0. The average molecular weight is 368 g/mol. The van der Waals surface area contributed by atoms with Crippen LogP contribution < -0.4 is 11.0 Å². The van der Waals surface area contributed by atoms with Gasteiger partial charge in [-0.25, -0.2) is 4.79 Å². The van der Waals surface area contributed by atoms with E-state index < -0.39 is 0 Å². The van der Waals surface area contributed by atoms with E-state index in [9.17, 15) is 9.59 Å². The van der Waals surface area contributed by atoms with Crippen molar-refractivity contribution in [2.45, 2.75) is 51.1 Å². The second-order valence-corrected chi connectivity index (χ2v) is 7.79. The highest BCUT2D eigenvalue weighted by molar-refractivity contribution is 5.98. The summed E-state index contributed by atoms with van der Waals surface area (Å²) in [6.07, 6.45) is 5.48.